The third-order valence-corrected chi connectivity index (χ3v) is 6.56. The van der Waals surface area contributed by atoms with Gasteiger partial charge in [-0.2, -0.15) is 0 Å². The van der Waals surface area contributed by atoms with Crippen molar-refractivity contribution in [1.82, 2.24) is 0 Å². The van der Waals surface area contributed by atoms with Gasteiger partial charge >= 0.3 is 0 Å². The van der Waals surface area contributed by atoms with E-state index in [0.717, 1.165) is 37.1 Å². The lowest BCUT2D eigenvalue weighted by Gasteiger charge is -2.23. The summed E-state index contributed by atoms with van der Waals surface area (Å²) in [6.45, 7) is 4.20. The fourth-order valence-corrected chi connectivity index (χ4v) is 4.57. The van der Waals surface area contributed by atoms with Gasteiger partial charge in [-0.25, -0.2) is 0 Å². The lowest BCUT2D eigenvalue weighted by Crippen LogP contribution is -2.21. The van der Waals surface area contributed by atoms with Gasteiger partial charge in [-0.1, -0.05) is 38.1 Å². The molecule has 2 atom stereocenters. The van der Waals surface area contributed by atoms with Crippen LogP contribution in [0.1, 0.15) is 73.6 Å². The number of amides is 2. The van der Waals surface area contributed by atoms with Crippen LogP contribution in [0, 0.1) is 0 Å². The van der Waals surface area contributed by atoms with E-state index in [4.69, 9.17) is 23.2 Å². The molecule has 32 heavy (non-hydrogen) atoms. The van der Waals surface area contributed by atoms with Crippen LogP contribution in [0.15, 0.2) is 36.4 Å². The molecule has 2 N–H and O–H groups in total. The second-order valence-electron chi connectivity index (χ2n) is 8.73. The fraction of sp³-hybridized carbons (Fsp3) is 0.462. The van der Waals surface area contributed by atoms with Crippen molar-refractivity contribution in [2.24, 2.45) is 0 Å². The van der Waals surface area contributed by atoms with E-state index in [-0.39, 0.29) is 11.8 Å². The number of aryl methyl sites for hydroxylation is 2. The molecular formula is C26H32Cl2N2O2. The molecule has 0 saturated heterocycles. The van der Waals surface area contributed by atoms with Crippen molar-refractivity contribution in [2.75, 3.05) is 22.4 Å². The predicted octanol–water partition coefficient (Wildman–Crippen LogP) is 6.61. The molecule has 0 radical (unpaired) electrons. The molecule has 2 amide bonds. The first-order valence-electron chi connectivity index (χ1n) is 11.4. The number of halogens is 2. The van der Waals surface area contributed by atoms with E-state index in [1.807, 2.05) is 12.1 Å². The first kappa shape index (κ1) is 24.6. The van der Waals surface area contributed by atoms with Gasteiger partial charge in [0.15, 0.2) is 0 Å². The number of nitrogens with one attached hydrogen (secondary N) is 2. The van der Waals surface area contributed by atoms with Crippen LogP contribution in [0.5, 0.6) is 0 Å². The maximum atomic E-state index is 11.4. The number of rotatable bonds is 6. The first-order valence-corrected chi connectivity index (χ1v) is 12.5. The van der Waals surface area contributed by atoms with Gasteiger partial charge in [0, 0.05) is 36.0 Å². The highest BCUT2D eigenvalue weighted by Gasteiger charge is 2.22. The summed E-state index contributed by atoms with van der Waals surface area (Å²) in [4.78, 5) is 22.7. The molecule has 2 unspecified atom stereocenters. The van der Waals surface area contributed by atoms with E-state index in [9.17, 15) is 9.59 Å². The van der Waals surface area contributed by atoms with Crippen molar-refractivity contribution < 1.29 is 9.59 Å². The molecule has 2 aliphatic heterocycles. The SMILES string of the molecule is CC1CC(=O)Nc2ccc(CCCCl)cc21.CC1CC(=O)Nc2ccc(CCCCl)cc21. The van der Waals surface area contributed by atoms with E-state index in [1.54, 1.807) is 0 Å². The molecule has 2 aromatic carbocycles. The molecule has 4 nitrogen and oxygen atoms in total. The highest BCUT2D eigenvalue weighted by atomic mass is 35.5. The third-order valence-electron chi connectivity index (χ3n) is 6.02. The molecule has 0 aliphatic carbocycles. The van der Waals surface area contributed by atoms with Crippen LogP contribution in [0.3, 0.4) is 0 Å². The van der Waals surface area contributed by atoms with Gasteiger partial charge in [0.2, 0.25) is 11.8 Å². The predicted molar refractivity (Wildman–Crippen MR) is 134 cm³/mol. The summed E-state index contributed by atoms with van der Waals surface area (Å²) < 4.78 is 0. The molecular weight excluding hydrogens is 443 g/mol. The fourth-order valence-electron chi connectivity index (χ4n) is 4.30. The van der Waals surface area contributed by atoms with Crippen molar-refractivity contribution in [3.05, 3.63) is 58.7 Å². The maximum Gasteiger partial charge on any atom is 0.224 e. The number of carbonyl (C=O) groups is 2. The van der Waals surface area contributed by atoms with E-state index in [1.165, 1.54) is 22.3 Å². The third kappa shape index (κ3) is 6.49. The van der Waals surface area contributed by atoms with Gasteiger partial charge in [-0.05, 0) is 71.9 Å². The number of hydrogen-bond acceptors (Lipinski definition) is 2. The van der Waals surface area contributed by atoms with E-state index >= 15 is 0 Å². The Hall–Kier alpha value is -2.04. The molecule has 0 fully saturated rings. The van der Waals surface area contributed by atoms with Crippen LogP contribution in [-0.4, -0.2) is 23.6 Å². The van der Waals surface area contributed by atoms with Crippen LogP contribution in [0.4, 0.5) is 11.4 Å². The van der Waals surface area contributed by atoms with Crippen LogP contribution in [0.2, 0.25) is 0 Å². The normalized spacial score (nSPS) is 19.1. The minimum Gasteiger partial charge on any atom is -0.326 e. The summed E-state index contributed by atoms with van der Waals surface area (Å²) in [6.07, 6.45) is 5.20. The number of benzene rings is 2. The summed E-state index contributed by atoms with van der Waals surface area (Å²) >= 11 is 11.4. The van der Waals surface area contributed by atoms with Crippen LogP contribution < -0.4 is 10.6 Å². The Morgan fingerprint density at radius 3 is 1.53 bits per heavy atom. The number of hydrogen-bond donors (Lipinski definition) is 2. The number of alkyl halides is 2. The van der Waals surface area contributed by atoms with E-state index < -0.39 is 0 Å². The van der Waals surface area contributed by atoms with Gasteiger partial charge in [-0.3, -0.25) is 9.59 Å². The molecule has 0 spiro atoms. The highest BCUT2D eigenvalue weighted by molar-refractivity contribution is 6.18. The summed E-state index contributed by atoms with van der Waals surface area (Å²) in [6, 6.07) is 12.6. The molecule has 6 heteroatoms. The average Bonchev–Trinajstić information content (AvgIpc) is 2.77. The summed E-state index contributed by atoms with van der Waals surface area (Å²) in [5, 5.41) is 5.82. The Bertz CT molecular complexity index is 883. The first-order chi connectivity index (χ1) is 15.4. The quantitative estimate of drug-likeness (QED) is 0.462. The molecule has 2 aromatic rings. The van der Waals surface area contributed by atoms with Gasteiger partial charge in [0.1, 0.15) is 0 Å². The number of fused-ring (bicyclic) bond motifs is 2. The second-order valence-corrected chi connectivity index (χ2v) is 9.49. The molecule has 2 heterocycles. The zero-order valence-electron chi connectivity index (χ0n) is 18.8. The Labute approximate surface area is 201 Å². The highest BCUT2D eigenvalue weighted by Crippen LogP contribution is 2.33. The zero-order chi connectivity index (χ0) is 23.1. The minimum atomic E-state index is 0.119. The smallest absolute Gasteiger partial charge is 0.224 e. The van der Waals surface area contributed by atoms with Crippen molar-refractivity contribution in [3.63, 3.8) is 0 Å². The van der Waals surface area contributed by atoms with Gasteiger partial charge in [-0.15, -0.1) is 23.2 Å². The summed E-state index contributed by atoms with van der Waals surface area (Å²) in [5.74, 6) is 2.27. The van der Waals surface area contributed by atoms with Crippen molar-refractivity contribution in [2.45, 2.75) is 64.2 Å². The molecule has 0 bridgehead atoms. The minimum absolute atomic E-state index is 0.119. The van der Waals surface area contributed by atoms with Crippen LogP contribution in [-0.2, 0) is 22.4 Å². The van der Waals surface area contributed by atoms with Crippen LogP contribution >= 0.6 is 23.2 Å². The van der Waals surface area contributed by atoms with Gasteiger partial charge < -0.3 is 10.6 Å². The van der Waals surface area contributed by atoms with E-state index in [0.29, 0.717) is 36.4 Å². The maximum absolute atomic E-state index is 11.4. The van der Waals surface area contributed by atoms with Crippen molar-refractivity contribution in [1.29, 1.82) is 0 Å². The second kappa shape index (κ2) is 11.7. The zero-order valence-corrected chi connectivity index (χ0v) is 20.4. The topological polar surface area (TPSA) is 58.2 Å². The molecule has 4 rings (SSSR count). The van der Waals surface area contributed by atoms with Crippen LogP contribution in [0.25, 0.3) is 0 Å². The Morgan fingerprint density at radius 2 is 1.16 bits per heavy atom. The lowest BCUT2D eigenvalue weighted by molar-refractivity contribution is -0.117. The molecule has 0 aromatic heterocycles. The standard InChI is InChI=1S/2C13H16ClNO/c2*1-9-7-13(16)15-12-5-4-10(3-2-6-14)8-11(9)12/h2*4-5,8-9H,2-3,6-7H2,1H3,(H,15,16). The Kier molecular flexibility index (Phi) is 9.01. The Morgan fingerprint density at radius 1 is 0.750 bits per heavy atom. The summed E-state index contributed by atoms with van der Waals surface area (Å²) in [5.41, 5.74) is 7.07. The summed E-state index contributed by atoms with van der Waals surface area (Å²) in [7, 11) is 0. The van der Waals surface area contributed by atoms with E-state index in [2.05, 4.69) is 48.7 Å². The van der Waals surface area contributed by atoms with Crippen molar-refractivity contribution >= 4 is 46.4 Å². The van der Waals surface area contributed by atoms with Gasteiger partial charge in [0.05, 0.1) is 0 Å². The monoisotopic (exact) mass is 474 g/mol. The number of anilines is 2. The Balaban J connectivity index is 0.000000181. The average molecular weight is 475 g/mol. The lowest BCUT2D eigenvalue weighted by atomic mass is 9.90. The van der Waals surface area contributed by atoms with Gasteiger partial charge in [0.25, 0.3) is 0 Å². The largest absolute Gasteiger partial charge is 0.326 e. The molecule has 0 saturated carbocycles. The number of carbonyl (C=O) groups excluding carboxylic acids is 2. The molecule has 2 aliphatic rings. The van der Waals surface area contributed by atoms with Crippen molar-refractivity contribution in [3.8, 4) is 0 Å². The molecule has 172 valence electrons.